The predicted molar refractivity (Wildman–Crippen MR) is 83.3 cm³/mol. The molecule has 3 nitrogen and oxygen atoms in total. The zero-order valence-corrected chi connectivity index (χ0v) is 13.3. The highest BCUT2D eigenvalue weighted by Crippen LogP contribution is 2.17. The number of carbonyl (C=O) groups is 1. The predicted octanol–water partition coefficient (Wildman–Crippen LogP) is 3.73. The number of amides is 1. The fraction of sp³-hybridized carbons (Fsp3) is 0.571. The second-order valence-corrected chi connectivity index (χ2v) is 6.09. The molecular weight excluding hydrogens is 280 g/mol. The molecule has 0 aliphatic carbocycles. The minimum Gasteiger partial charge on any atom is -0.352 e. The molecule has 0 fully saturated rings. The number of thioether (sulfide) groups is 1. The molecule has 0 saturated carbocycles. The van der Waals surface area contributed by atoms with Gasteiger partial charge in [-0.1, -0.05) is 25.4 Å². The minimum atomic E-state index is -0.0737. The molecule has 1 amide bonds. The van der Waals surface area contributed by atoms with Crippen LogP contribution in [0.25, 0.3) is 0 Å². The lowest BCUT2D eigenvalue weighted by molar-refractivity contribution is 0.0953. The van der Waals surface area contributed by atoms with Crippen LogP contribution in [-0.4, -0.2) is 29.4 Å². The van der Waals surface area contributed by atoms with E-state index in [9.17, 15) is 4.79 Å². The van der Waals surface area contributed by atoms with Crippen molar-refractivity contribution in [2.75, 3.05) is 18.6 Å². The summed E-state index contributed by atoms with van der Waals surface area (Å²) < 4.78 is 0. The van der Waals surface area contributed by atoms with Gasteiger partial charge in [-0.15, -0.1) is 0 Å². The first kappa shape index (κ1) is 16.3. The first-order valence-corrected chi connectivity index (χ1v) is 8.26. The van der Waals surface area contributed by atoms with E-state index >= 15 is 0 Å². The summed E-state index contributed by atoms with van der Waals surface area (Å²) >= 11 is 7.77. The SMILES string of the molecule is CSCCCCNC(=O)c1cc(Cl)nc(C(C)C)c1. The van der Waals surface area contributed by atoms with Crippen LogP contribution in [0.4, 0.5) is 0 Å². The quantitative estimate of drug-likeness (QED) is 0.616. The lowest BCUT2D eigenvalue weighted by atomic mass is 10.1. The van der Waals surface area contributed by atoms with E-state index in [2.05, 4.69) is 16.6 Å². The number of hydrogen-bond donors (Lipinski definition) is 1. The third-order valence-electron chi connectivity index (χ3n) is 2.73. The topological polar surface area (TPSA) is 42.0 Å². The molecule has 1 aromatic rings. The molecule has 0 aromatic carbocycles. The smallest absolute Gasteiger partial charge is 0.251 e. The summed E-state index contributed by atoms with van der Waals surface area (Å²) in [4.78, 5) is 16.2. The third-order valence-corrected chi connectivity index (χ3v) is 3.62. The van der Waals surface area contributed by atoms with Crippen LogP contribution in [0.3, 0.4) is 0 Å². The number of unbranched alkanes of at least 4 members (excludes halogenated alkanes) is 1. The van der Waals surface area contributed by atoms with E-state index in [-0.39, 0.29) is 11.8 Å². The van der Waals surface area contributed by atoms with Gasteiger partial charge in [0.15, 0.2) is 0 Å². The Morgan fingerprint density at radius 3 is 2.79 bits per heavy atom. The molecule has 5 heteroatoms. The van der Waals surface area contributed by atoms with Crippen LogP contribution < -0.4 is 5.32 Å². The average Bonchev–Trinajstić information content (AvgIpc) is 2.37. The summed E-state index contributed by atoms with van der Waals surface area (Å²) in [5.74, 6) is 1.32. The summed E-state index contributed by atoms with van der Waals surface area (Å²) in [5, 5.41) is 3.29. The summed E-state index contributed by atoms with van der Waals surface area (Å²) in [7, 11) is 0. The highest BCUT2D eigenvalue weighted by atomic mass is 35.5. The van der Waals surface area contributed by atoms with Crippen molar-refractivity contribution in [2.24, 2.45) is 0 Å². The van der Waals surface area contributed by atoms with E-state index < -0.39 is 0 Å². The molecule has 0 saturated heterocycles. The Kier molecular flexibility index (Phi) is 7.24. The molecule has 106 valence electrons. The second-order valence-electron chi connectivity index (χ2n) is 4.71. The van der Waals surface area contributed by atoms with Gasteiger partial charge in [0.2, 0.25) is 0 Å². The monoisotopic (exact) mass is 300 g/mol. The van der Waals surface area contributed by atoms with Crippen LogP contribution in [0.1, 0.15) is 48.7 Å². The molecule has 0 spiro atoms. The van der Waals surface area contributed by atoms with Crippen molar-refractivity contribution >= 4 is 29.3 Å². The Bertz CT molecular complexity index is 424. The Balaban J connectivity index is 2.56. The first-order chi connectivity index (χ1) is 9.04. The Labute approximate surface area is 124 Å². The van der Waals surface area contributed by atoms with Gasteiger partial charge in [-0.2, -0.15) is 11.8 Å². The largest absolute Gasteiger partial charge is 0.352 e. The van der Waals surface area contributed by atoms with Crippen molar-refractivity contribution in [1.82, 2.24) is 10.3 Å². The maximum Gasteiger partial charge on any atom is 0.251 e. The van der Waals surface area contributed by atoms with Crippen molar-refractivity contribution in [3.05, 3.63) is 28.5 Å². The fourth-order valence-corrected chi connectivity index (χ4v) is 2.33. The minimum absolute atomic E-state index is 0.0737. The van der Waals surface area contributed by atoms with Gasteiger partial charge in [0, 0.05) is 17.8 Å². The maximum absolute atomic E-state index is 12.0. The molecule has 0 aliphatic heterocycles. The number of halogens is 1. The Morgan fingerprint density at radius 2 is 2.16 bits per heavy atom. The number of pyridine rings is 1. The highest BCUT2D eigenvalue weighted by molar-refractivity contribution is 7.98. The van der Waals surface area contributed by atoms with Crippen molar-refractivity contribution < 1.29 is 4.79 Å². The van der Waals surface area contributed by atoms with Gasteiger partial charge in [0.1, 0.15) is 5.15 Å². The molecule has 1 rings (SSSR count). The molecule has 1 aromatic heterocycles. The normalized spacial score (nSPS) is 10.8. The Morgan fingerprint density at radius 1 is 1.42 bits per heavy atom. The zero-order chi connectivity index (χ0) is 14.3. The van der Waals surface area contributed by atoms with Crippen LogP contribution >= 0.6 is 23.4 Å². The molecule has 0 atom stereocenters. The van der Waals surface area contributed by atoms with Gasteiger partial charge in [0.05, 0.1) is 0 Å². The molecule has 1 heterocycles. The van der Waals surface area contributed by atoms with Gasteiger partial charge >= 0.3 is 0 Å². The van der Waals surface area contributed by atoms with Crippen LogP contribution in [0.5, 0.6) is 0 Å². The lowest BCUT2D eigenvalue weighted by Crippen LogP contribution is -2.24. The summed E-state index contributed by atoms with van der Waals surface area (Å²) in [6.45, 7) is 4.77. The van der Waals surface area contributed by atoms with E-state index in [1.54, 1.807) is 6.07 Å². The molecule has 0 unspecified atom stereocenters. The maximum atomic E-state index is 12.0. The van der Waals surface area contributed by atoms with Crippen molar-refractivity contribution in [3.63, 3.8) is 0 Å². The summed E-state index contributed by atoms with van der Waals surface area (Å²) in [5.41, 5.74) is 1.44. The van der Waals surface area contributed by atoms with Crippen molar-refractivity contribution in [3.8, 4) is 0 Å². The molecule has 0 aliphatic rings. The van der Waals surface area contributed by atoms with E-state index in [1.165, 1.54) is 0 Å². The van der Waals surface area contributed by atoms with E-state index in [0.717, 1.165) is 24.3 Å². The van der Waals surface area contributed by atoms with Gasteiger partial charge in [-0.05, 0) is 42.9 Å². The van der Waals surface area contributed by atoms with Crippen LogP contribution in [0.15, 0.2) is 12.1 Å². The van der Waals surface area contributed by atoms with Gasteiger partial charge < -0.3 is 5.32 Å². The fourth-order valence-electron chi connectivity index (χ4n) is 1.62. The van der Waals surface area contributed by atoms with E-state index in [1.807, 2.05) is 31.7 Å². The standard InChI is InChI=1S/C14H21ClN2OS/c1-10(2)12-8-11(9-13(15)17-12)14(18)16-6-4-5-7-19-3/h8-10H,4-7H2,1-3H3,(H,16,18). The van der Waals surface area contributed by atoms with Crippen LogP contribution in [0, 0.1) is 0 Å². The van der Waals surface area contributed by atoms with Gasteiger partial charge in [-0.25, -0.2) is 4.98 Å². The number of nitrogens with zero attached hydrogens (tertiary/aromatic N) is 1. The first-order valence-electron chi connectivity index (χ1n) is 6.49. The molecule has 0 bridgehead atoms. The number of rotatable bonds is 7. The molecule has 1 N–H and O–H groups in total. The van der Waals surface area contributed by atoms with Crippen LogP contribution in [0.2, 0.25) is 5.15 Å². The van der Waals surface area contributed by atoms with Gasteiger partial charge in [-0.3, -0.25) is 4.79 Å². The van der Waals surface area contributed by atoms with Gasteiger partial charge in [0.25, 0.3) is 5.91 Å². The molecule has 19 heavy (non-hydrogen) atoms. The van der Waals surface area contributed by atoms with E-state index in [0.29, 0.717) is 17.3 Å². The Hall–Kier alpha value is -0.740. The highest BCUT2D eigenvalue weighted by Gasteiger charge is 2.10. The number of carbonyl (C=O) groups excluding carboxylic acids is 1. The van der Waals surface area contributed by atoms with Crippen molar-refractivity contribution in [1.29, 1.82) is 0 Å². The molecular formula is C14H21ClN2OS. The summed E-state index contributed by atoms with van der Waals surface area (Å²) in [6, 6.07) is 3.43. The second kappa shape index (κ2) is 8.43. The lowest BCUT2D eigenvalue weighted by Gasteiger charge is -2.09. The van der Waals surface area contributed by atoms with Crippen LogP contribution in [-0.2, 0) is 0 Å². The number of hydrogen-bond acceptors (Lipinski definition) is 3. The third kappa shape index (κ3) is 5.83. The summed E-state index contributed by atoms with van der Waals surface area (Å²) in [6.07, 6.45) is 4.21. The number of aromatic nitrogens is 1. The average molecular weight is 301 g/mol. The van der Waals surface area contributed by atoms with Crippen molar-refractivity contribution in [2.45, 2.75) is 32.6 Å². The van der Waals surface area contributed by atoms with E-state index in [4.69, 9.17) is 11.6 Å². The molecule has 0 radical (unpaired) electrons. The zero-order valence-electron chi connectivity index (χ0n) is 11.7. The number of nitrogens with one attached hydrogen (secondary N) is 1.